The zero-order valence-electron chi connectivity index (χ0n) is 16.4. The van der Waals surface area contributed by atoms with Crippen LogP contribution in [0.2, 0.25) is 0 Å². The zero-order chi connectivity index (χ0) is 19.9. The van der Waals surface area contributed by atoms with Crippen LogP contribution in [-0.4, -0.2) is 33.0 Å². The third-order valence-corrected chi connectivity index (χ3v) is 5.94. The molecule has 0 saturated carbocycles. The van der Waals surface area contributed by atoms with Gasteiger partial charge in [-0.25, -0.2) is 8.42 Å². The van der Waals surface area contributed by atoms with Crippen LogP contribution in [0.5, 0.6) is 0 Å². The molecule has 3 rings (SSSR count). The van der Waals surface area contributed by atoms with Crippen LogP contribution in [0.1, 0.15) is 33.3 Å². The van der Waals surface area contributed by atoms with Crippen molar-refractivity contribution in [2.24, 2.45) is 0 Å². The second-order valence-corrected chi connectivity index (χ2v) is 10.2. The summed E-state index contributed by atoms with van der Waals surface area (Å²) in [6, 6.07) is 15.3. The van der Waals surface area contributed by atoms with E-state index in [2.05, 4.69) is 5.32 Å². The molecule has 0 amide bonds. The van der Waals surface area contributed by atoms with Crippen molar-refractivity contribution in [1.82, 2.24) is 0 Å². The highest BCUT2D eigenvalue weighted by Crippen LogP contribution is 2.36. The largest absolute Gasteiger partial charge is 0.494 e. The molecule has 0 atom stereocenters. The van der Waals surface area contributed by atoms with E-state index < -0.39 is 17.0 Å². The van der Waals surface area contributed by atoms with Crippen LogP contribution in [0.15, 0.2) is 48.5 Å². The van der Waals surface area contributed by atoms with E-state index in [1.54, 1.807) is 0 Å². The van der Waals surface area contributed by atoms with Crippen molar-refractivity contribution in [3.05, 3.63) is 54.1 Å². The molecular weight excluding hydrogens is 361 g/mol. The molecule has 5 nitrogen and oxygen atoms in total. The molecule has 2 aromatic rings. The van der Waals surface area contributed by atoms with Crippen LogP contribution < -0.4 is 10.8 Å². The molecule has 1 heterocycles. The molecule has 0 aromatic heterocycles. The first-order valence-corrected chi connectivity index (χ1v) is 11.0. The van der Waals surface area contributed by atoms with Crippen LogP contribution in [0, 0.1) is 0 Å². The molecule has 1 N–H and O–H groups in total. The zero-order valence-corrected chi connectivity index (χ0v) is 17.3. The van der Waals surface area contributed by atoms with Gasteiger partial charge in [0.15, 0.2) is 9.84 Å². The van der Waals surface area contributed by atoms with Gasteiger partial charge in [0.2, 0.25) is 0 Å². The lowest BCUT2D eigenvalue weighted by atomic mass is 9.79. The fraction of sp³-hybridized carbons (Fsp3) is 0.400. The topological polar surface area (TPSA) is 64.6 Å². The first-order valence-electron chi connectivity index (χ1n) is 8.94. The second-order valence-electron chi connectivity index (χ2n) is 8.11. The standard InChI is InChI=1S/C20H26BNO4S/c1-19(2)20(3,4)26-21(25-19)16-7-6-8-18(13-16)22-17-11-9-15(10-12-17)14-27(5,23)24/h6-13,22H,14H2,1-5H3. The molecule has 27 heavy (non-hydrogen) atoms. The summed E-state index contributed by atoms with van der Waals surface area (Å²) in [4.78, 5) is 0. The lowest BCUT2D eigenvalue weighted by Crippen LogP contribution is -2.41. The Balaban J connectivity index is 1.73. The highest BCUT2D eigenvalue weighted by Gasteiger charge is 2.51. The quantitative estimate of drug-likeness (QED) is 0.798. The summed E-state index contributed by atoms with van der Waals surface area (Å²) in [7, 11) is -3.44. The maximum Gasteiger partial charge on any atom is 0.494 e. The summed E-state index contributed by atoms with van der Waals surface area (Å²) < 4.78 is 35.0. The average molecular weight is 387 g/mol. The molecular formula is C20H26BNO4S. The van der Waals surface area contributed by atoms with Gasteiger partial charge in [0.1, 0.15) is 0 Å². The number of benzene rings is 2. The van der Waals surface area contributed by atoms with Crippen molar-refractivity contribution in [3.8, 4) is 0 Å². The smallest absolute Gasteiger partial charge is 0.399 e. The van der Waals surface area contributed by atoms with Gasteiger partial charge in [0.05, 0.1) is 17.0 Å². The molecule has 7 heteroatoms. The molecule has 0 radical (unpaired) electrons. The van der Waals surface area contributed by atoms with Gasteiger partial charge < -0.3 is 14.6 Å². The number of anilines is 2. The summed E-state index contributed by atoms with van der Waals surface area (Å²) in [5, 5.41) is 3.34. The van der Waals surface area contributed by atoms with Crippen molar-refractivity contribution < 1.29 is 17.7 Å². The Kier molecular flexibility index (Phi) is 5.14. The normalized spacial score (nSPS) is 18.5. The van der Waals surface area contributed by atoms with E-state index in [-0.39, 0.29) is 17.0 Å². The monoisotopic (exact) mass is 387 g/mol. The third kappa shape index (κ3) is 4.72. The first-order chi connectivity index (χ1) is 12.5. The van der Waals surface area contributed by atoms with Crippen molar-refractivity contribution >= 4 is 33.8 Å². The van der Waals surface area contributed by atoms with Gasteiger partial charge in [0.25, 0.3) is 0 Å². The molecule has 0 spiro atoms. The molecule has 0 bridgehead atoms. The minimum atomic E-state index is -3.03. The Hall–Kier alpha value is -1.83. The molecule has 1 saturated heterocycles. The van der Waals surface area contributed by atoms with E-state index in [4.69, 9.17) is 9.31 Å². The Morgan fingerprint density at radius 3 is 2.07 bits per heavy atom. The minimum Gasteiger partial charge on any atom is -0.399 e. The first kappa shape index (κ1) is 19.9. The fourth-order valence-corrected chi connectivity index (χ4v) is 3.69. The van der Waals surface area contributed by atoms with E-state index >= 15 is 0 Å². The highest BCUT2D eigenvalue weighted by molar-refractivity contribution is 7.89. The molecule has 0 unspecified atom stereocenters. The Morgan fingerprint density at radius 2 is 1.52 bits per heavy atom. The molecule has 1 fully saturated rings. The number of hydrogen-bond donors (Lipinski definition) is 1. The summed E-state index contributed by atoms with van der Waals surface area (Å²) in [6.07, 6.45) is 1.24. The van der Waals surface area contributed by atoms with Crippen molar-refractivity contribution in [3.63, 3.8) is 0 Å². The molecule has 2 aromatic carbocycles. The van der Waals surface area contributed by atoms with Gasteiger partial charge in [-0.1, -0.05) is 24.3 Å². The van der Waals surface area contributed by atoms with E-state index in [1.807, 2.05) is 76.2 Å². The second kappa shape index (κ2) is 6.97. The number of hydrogen-bond acceptors (Lipinski definition) is 5. The minimum absolute atomic E-state index is 0.0463. The van der Waals surface area contributed by atoms with Gasteiger partial charge >= 0.3 is 7.12 Å². The summed E-state index contributed by atoms with van der Waals surface area (Å²) in [6.45, 7) is 8.14. The van der Waals surface area contributed by atoms with Crippen LogP contribution >= 0.6 is 0 Å². The molecule has 1 aliphatic heterocycles. The highest BCUT2D eigenvalue weighted by atomic mass is 32.2. The summed E-state index contributed by atoms with van der Waals surface area (Å²) in [5.74, 6) is 0.0463. The maximum absolute atomic E-state index is 11.4. The summed E-state index contributed by atoms with van der Waals surface area (Å²) in [5.41, 5.74) is 2.77. The van der Waals surface area contributed by atoms with Crippen molar-refractivity contribution in [2.75, 3.05) is 11.6 Å². The molecule has 0 aliphatic carbocycles. The van der Waals surface area contributed by atoms with E-state index in [0.717, 1.165) is 22.4 Å². The predicted molar refractivity (Wildman–Crippen MR) is 110 cm³/mol. The van der Waals surface area contributed by atoms with E-state index in [1.165, 1.54) is 6.26 Å². The van der Waals surface area contributed by atoms with Crippen LogP contribution in [0.4, 0.5) is 11.4 Å². The van der Waals surface area contributed by atoms with Crippen molar-refractivity contribution in [2.45, 2.75) is 44.6 Å². The third-order valence-electron chi connectivity index (χ3n) is 5.08. The van der Waals surface area contributed by atoms with Crippen molar-refractivity contribution in [1.29, 1.82) is 0 Å². The van der Waals surface area contributed by atoms with Crippen LogP contribution in [0.25, 0.3) is 0 Å². The Labute approximate surface area is 162 Å². The average Bonchev–Trinajstić information content (AvgIpc) is 2.76. The number of rotatable bonds is 5. The Morgan fingerprint density at radius 1 is 0.926 bits per heavy atom. The van der Waals surface area contributed by atoms with E-state index in [9.17, 15) is 8.42 Å². The lowest BCUT2D eigenvalue weighted by molar-refractivity contribution is 0.00578. The number of nitrogens with one attached hydrogen (secondary N) is 1. The van der Waals surface area contributed by atoms with Gasteiger partial charge in [-0.15, -0.1) is 0 Å². The van der Waals surface area contributed by atoms with Crippen LogP contribution in [0.3, 0.4) is 0 Å². The van der Waals surface area contributed by atoms with Gasteiger partial charge in [-0.3, -0.25) is 0 Å². The fourth-order valence-electron chi connectivity index (χ4n) is 2.90. The van der Waals surface area contributed by atoms with Gasteiger partial charge in [-0.2, -0.15) is 0 Å². The molecule has 144 valence electrons. The van der Waals surface area contributed by atoms with Crippen LogP contribution in [-0.2, 0) is 24.9 Å². The predicted octanol–water partition coefficient (Wildman–Crippen LogP) is 3.27. The summed E-state index contributed by atoms with van der Waals surface area (Å²) >= 11 is 0. The SMILES string of the molecule is CC1(C)OB(c2cccc(Nc3ccc(CS(C)(=O)=O)cc3)c2)OC1(C)C. The molecule has 1 aliphatic rings. The Bertz CT molecular complexity index is 907. The van der Waals surface area contributed by atoms with E-state index in [0.29, 0.717) is 0 Å². The lowest BCUT2D eigenvalue weighted by Gasteiger charge is -2.32. The maximum atomic E-state index is 11.4. The number of sulfone groups is 1. The van der Waals surface area contributed by atoms with Gasteiger partial charge in [0, 0.05) is 17.6 Å². The van der Waals surface area contributed by atoms with Gasteiger partial charge in [-0.05, 0) is 63.0 Å².